The summed E-state index contributed by atoms with van der Waals surface area (Å²) in [6.45, 7) is 1.71. The van der Waals surface area contributed by atoms with Crippen molar-refractivity contribution < 1.29 is 9.53 Å². The number of hydrogen-bond donors (Lipinski definition) is 1. The molecule has 0 amide bonds. The molecule has 0 aliphatic rings. The summed E-state index contributed by atoms with van der Waals surface area (Å²) >= 11 is 5.91. The number of benzene rings is 1. The smallest absolute Gasteiger partial charge is 0.156 e. The van der Waals surface area contributed by atoms with Gasteiger partial charge in [0.25, 0.3) is 0 Å². The van der Waals surface area contributed by atoms with Crippen molar-refractivity contribution in [2.75, 3.05) is 12.4 Å². The van der Waals surface area contributed by atoms with Crippen molar-refractivity contribution in [2.24, 2.45) is 0 Å². The molecule has 1 aromatic carbocycles. The van der Waals surface area contributed by atoms with E-state index in [2.05, 4.69) is 15.3 Å². The molecule has 1 N–H and O–H groups in total. The van der Waals surface area contributed by atoms with Crippen LogP contribution in [0.25, 0.3) is 0 Å². The van der Waals surface area contributed by atoms with Crippen LogP contribution in [0.15, 0.2) is 24.3 Å². The minimum absolute atomic E-state index is 0.132. The number of anilines is 2. The Hall–Kier alpha value is -2.14. The summed E-state index contributed by atoms with van der Waals surface area (Å²) in [7, 11) is 1.58. The first-order valence-corrected chi connectivity index (χ1v) is 5.92. The first-order chi connectivity index (χ1) is 9.13. The monoisotopic (exact) mass is 277 g/mol. The third kappa shape index (κ3) is 3.00. The summed E-state index contributed by atoms with van der Waals surface area (Å²) in [4.78, 5) is 19.2. The second-order valence-corrected chi connectivity index (χ2v) is 4.16. The van der Waals surface area contributed by atoms with E-state index in [4.69, 9.17) is 16.3 Å². The maximum absolute atomic E-state index is 11.0. The van der Waals surface area contributed by atoms with E-state index >= 15 is 0 Å². The van der Waals surface area contributed by atoms with Gasteiger partial charge in [-0.25, -0.2) is 9.97 Å². The van der Waals surface area contributed by atoms with Crippen LogP contribution in [0.2, 0.25) is 5.15 Å². The zero-order valence-corrected chi connectivity index (χ0v) is 11.2. The molecule has 0 spiro atoms. The van der Waals surface area contributed by atoms with Gasteiger partial charge in [0.1, 0.15) is 22.5 Å². The third-order valence-electron chi connectivity index (χ3n) is 2.46. The number of hydrogen-bond acceptors (Lipinski definition) is 5. The zero-order chi connectivity index (χ0) is 13.8. The SMILES string of the molecule is COc1cccc(Nc2nc(C)nc(Cl)c2C=O)c1. The molecule has 0 saturated heterocycles. The molecule has 0 unspecified atom stereocenters. The van der Waals surface area contributed by atoms with E-state index in [1.807, 2.05) is 18.2 Å². The van der Waals surface area contributed by atoms with E-state index < -0.39 is 0 Å². The maximum atomic E-state index is 11.0. The van der Waals surface area contributed by atoms with E-state index in [1.54, 1.807) is 20.1 Å². The number of halogens is 1. The van der Waals surface area contributed by atoms with Gasteiger partial charge in [0, 0.05) is 11.8 Å². The van der Waals surface area contributed by atoms with Crippen molar-refractivity contribution in [3.05, 3.63) is 40.8 Å². The molecule has 2 aromatic rings. The van der Waals surface area contributed by atoms with Crippen LogP contribution in [0.5, 0.6) is 5.75 Å². The molecule has 0 bridgehead atoms. The van der Waals surface area contributed by atoms with Gasteiger partial charge in [-0.05, 0) is 19.1 Å². The van der Waals surface area contributed by atoms with Gasteiger partial charge < -0.3 is 10.1 Å². The van der Waals surface area contributed by atoms with Crippen LogP contribution in [0.1, 0.15) is 16.2 Å². The van der Waals surface area contributed by atoms with E-state index in [0.29, 0.717) is 23.7 Å². The van der Waals surface area contributed by atoms with Gasteiger partial charge in [0.05, 0.1) is 12.7 Å². The van der Waals surface area contributed by atoms with Crippen molar-refractivity contribution in [3.8, 4) is 5.75 Å². The fraction of sp³-hybridized carbons (Fsp3) is 0.154. The Morgan fingerprint density at radius 1 is 1.37 bits per heavy atom. The molecule has 0 aliphatic carbocycles. The Balaban J connectivity index is 2.39. The Labute approximate surface area is 115 Å². The van der Waals surface area contributed by atoms with Gasteiger partial charge in [-0.1, -0.05) is 17.7 Å². The van der Waals surface area contributed by atoms with Gasteiger partial charge in [-0.2, -0.15) is 0 Å². The molecule has 0 radical (unpaired) electrons. The van der Waals surface area contributed by atoms with Crippen molar-refractivity contribution in [3.63, 3.8) is 0 Å². The number of ether oxygens (including phenoxy) is 1. The predicted octanol–water partition coefficient (Wildman–Crippen LogP) is 3.00. The van der Waals surface area contributed by atoms with E-state index in [0.717, 1.165) is 5.69 Å². The highest BCUT2D eigenvalue weighted by Gasteiger charge is 2.11. The second kappa shape index (κ2) is 5.67. The van der Waals surface area contributed by atoms with E-state index in [-0.39, 0.29) is 10.7 Å². The molecule has 0 atom stereocenters. The van der Waals surface area contributed by atoms with Crippen molar-refractivity contribution >= 4 is 29.4 Å². The maximum Gasteiger partial charge on any atom is 0.156 e. The molecule has 2 rings (SSSR count). The standard InChI is InChI=1S/C13H12ClN3O2/c1-8-15-12(14)11(7-18)13(16-8)17-9-4-3-5-10(6-9)19-2/h3-7H,1-2H3,(H,15,16,17). The summed E-state index contributed by atoms with van der Waals surface area (Å²) in [6, 6.07) is 7.28. The van der Waals surface area contributed by atoms with Crippen molar-refractivity contribution in [1.82, 2.24) is 9.97 Å². The van der Waals surface area contributed by atoms with E-state index in [9.17, 15) is 4.79 Å². The van der Waals surface area contributed by atoms with Crippen LogP contribution in [-0.4, -0.2) is 23.4 Å². The molecule has 5 nitrogen and oxygen atoms in total. The first-order valence-electron chi connectivity index (χ1n) is 5.54. The minimum atomic E-state index is 0.132. The number of aryl methyl sites for hydroxylation is 1. The molecular formula is C13H12ClN3O2. The number of nitrogens with one attached hydrogen (secondary N) is 1. The zero-order valence-electron chi connectivity index (χ0n) is 10.5. The van der Waals surface area contributed by atoms with Gasteiger partial charge >= 0.3 is 0 Å². The summed E-state index contributed by atoms with van der Waals surface area (Å²) in [6.07, 6.45) is 0.629. The van der Waals surface area contributed by atoms with Crippen LogP contribution < -0.4 is 10.1 Å². The highest BCUT2D eigenvalue weighted by Crippen LogP contribution is 2.24. The highest BCUT2D eigenvalue weighted by molar-refractivity contribution is 6.32. The Bertz CT molecular complexity index is 617. The number of carbonyl (C=O) groups excluding carboxylic acids is 1. The molecule has 0 fully saturated rings. The highest BCUT2D eigenvalue weighted by atomic mass is 35.5. The fourth-order valence-corrected chi connectivity index (χ4v) is 1.84. The van der Waals surface area contributed by atoms with Crippen LogP contribution in [0.4, 0.5) is 11.5 Å². The molecule has 1 aromatic heterocycles. The minimum Gasteiger partial charge on any atom is -0.497 e. The molecule has 0 aliphatic heterocycles. The normalized spacial score (nSPS) is 10.1. The van der Waals surface area contributed by atoms with Crippen LogP contribution >= 0.6 is 11.6 Å². The predicted molar refractivity (Wildman–Crippen MR) is 73.4 cm³/mol. The van der Waals surface area contributed by atoms with Crippen molar-refractivity contribution in [1.29, 1.82) is 0 Å². The molecular weight excluding hydrogens is 266 g/mol. The molecule has 19 heavy (non-hydrogen) atoms. The fourth-order valence-electron chi connectivity index (χ4n) is 1.58. The lowest BCUT2D eigenvalue weighted by atomic mass is 10.2. The van der Waals surface area contributed by atoms with Gasteiger partial charge in [0.2, 0.25) is 0 Å². The molecule has 6 heteroatoms. The second-order valence-electron chi connectivity index (χ2n) is 3.80. The van der Waals surface area contributed by atoms with Crippen molar-refractivity contribution in [2.45, 2.75) is 6.92 Å². The lowest BCUT2D eigenvalue weighted by Gasteiger charge is -2.10. The average Bonchev–Trinajstić information content (AvgIpc) is 2.38. The van der Waals surface area contributed by atoms with Crippen LogP contribution in [0.3, 0.4) is 0 Å². The van der Waals surface area contributed by atoms with E-state index in [1.165, 1.54) is 0 Å². The Morgan fingerprint density at radius 3 is 2.84 bits per heavy atom. The summed E-state index contributed by atoms with van der Waals surface area (Å²) in [5.41, 5.74) is 0.978. The van der Waals surface area contributed by atoms with Crippen LogP contribution in [0, 0.1) is 6.92 Å². The lowest BCUT2D eigenvalue weighted by molar-refractivity contribution is 0.112. The largest absolute Gasteiger partial charge is 0.497 e. The Morgan fingerprint density at radius 2 is 2.16 bits per heavy atom. The number of methoxy groups -OCH3 is 1. The molecule has 1 heterocycles. The molecule has 98 valence electrons. The summed E-state index contributed by atoms with van der Waals surface area (Å²) in [5.74, 6) is 1.57. The molecule has 0 saturated carbocycles. The third-order valence-corrected chi connectivity index (χ3v) is 2.75. The quantitative estimate of drug-likeness (QED) is 0.687. The van der Waals surface area contributed by atoms with Crippen LogP contribution in [-0.2, 0) is 0 Å². The number of nitrogens with zero attached hydrogens (tertiary/aromatic N) is 2. The van der Waals surface area contributed by atoms with Gasteiger partial charge in [-0.15, -0.1) is 0 Å². The first kappa shape index (κ1) is 13.3. The number of carbonyl (C=O) groups is 1. The topological polar surface area (TPSA) is 64.1 Å². The lowest BCUT2D eigenvalue weighted by Crippen LogP contribution is -2.03. The average molecular weight is 278 g/mol. The number of aromatic nitrogens is 2. The number of aldehydes is 1. The summed E-state index contributed by atoms with van der Waals surface area (Å²) < 4.78 is 5.13. The Kier molecular flexibility index (Phi) is 3.97. The van der Waals surface area contributed by atoms with Gasteiger partial charge in [-0.3, -0.25) is 4.79 Å². The number of rotatable bonds is 4. The summed E-state index contributed by atoms with van der Waals surface area (Å²) in [5, 5.41) is 3.17. The van der Waals surface area contributed by atoms with Gasteiger partial charge in [0.15, 0.2) is 6.29 Å².